The van der Waals surface area contributed by atoms with Gasteiger partial charge in [-0.25, -0.2) is 0 Å². The van der Waals surface area contributed by atoms with Crippen molar-refractivity contribution < 1.29 is 4.79 Å². The van der Waals surface area contributed by atoms with E-state index in [2.05, 4.69) is 19.7 Å². The Morgan fingerprint density at radius 1 is 1.43 bits per heavy atom. The lowest BCUT2D eigenvalue weighted by Crippen LogP contribution is -2.33. The second-order valence-electron chi connectivity index (χ2n) is 5.76. The molecule has 1 fully saturated rings. The molecule has 0 unspecified atom stereocenters. The third-order valence-electron chi connectivity index (χ3n) is 4.20. The third-order valence-corrected chi connectivity index (χ3v) is 5.58. The van der Waals surface area contributed by atoms with Crippen molar-refractivity contribution in [2.45, 2.75) is 38.8 Å². The van der Waals surface area contributed by atoms with E-state index < -0.39 is 0 Å². The first-order valence-electron chi connectivity index (χ1n) is 7.20. The number of aromatic nitrogens is 3. The van der Waals surface area contributed by atoms with E-state index in [1.54, 1.807) is 24.6 Å². The van der Waals surface area contributed by atoms with Gasteiger partial charge in [0.15, 0.2) is 11.6 Å². The zero-order valence-electron chi connectivity index (χ0n) is 11.9. The zero-order valence-corrected chi connectivity index (χ0v) is 12.7. The van der Waals surface area contributed by atoms with E-state index in [0.29, 0.717) is 16.5 Å². The van der Waals surface area contributed by atoms with Crippen LogP contribution in [0.1, 0.15) is 46.7 Å². The number of nitrogens with zero attached hydrogens (tertiary/aromatic N) is 4. The minimum atomic E-state index is 0.0610. The molecule has 0 atom stereocenters. The molecule has 0 aromatic carbocycles. The van der Waals surface area contributed by atoms with Crippen LogP contribution in [0.5, 0.6) is 0 Å². The Balaban J connectivity index is 1.75. The molecule has 0 bridgehead atoms. The summed E-state index contributed by atoms with van der Waals surface area (Å²) >= 11 is 1.54. The first kappa shape index (κ1) is 12.8. The molecule has 0 amide bonds. The average Bonchev–Trinajstić information content (AvgIpc) is 3.07. The van der Waals surface area contributed by atoms with Gasteiger partial charge in [-0.1, -0.05) is 0 Å². The molecule has 0 radical (unpaired) electrons. The molecule has 0 saturated heterocycles. The molecule has 1 aliphatic carbocycles. The van der Waals surface area contributed by atoms with Gasteiger partial charge < -0.3 is 15.2 Å². The van der Waals surface area contributed by atoms with E-state index in [-0.39, 0.29) is 5.78 Å². The molecule has 1 saturated carbocycles. The lowest BCUT2D eigenvalue weighted by Gasteiger charge is -2.28. The van der Waals surface area contributed by atoms with Crippen LogP contribution in [0.25, 0.3) is 0 Å². The van der Waals surface area contributed by atoms with Gasteiger partial charge in [0.2, 0.25) is 0 Å². The summed E-state index contributed by atoms with van der Waals surface area (Å²) in [6.07, 6.45) is 4.13. The van der Waals surface area contributed by atoms with Gasteiger partial charge in [-0.05, 0) is 18.8 Å². The van der Waals surface area contributed by atoms with Crippen molar-refractivity contribution in [3.05, 3.63) is 22.6 Å². The van der Waals surface area contributed by atoms with Crippen LogP contribution in [0.2, 0.25) is 0 Å². The van der Waals surface area contributed by atoms with E-state index in [0.717, 1.165) is 30.5 Å². The van der Waals surface area contributed by atoms with Crippen LogP contribution in [0.15, 0.2) is 6.33 Å². The highest BCUT2D eigenvalue weighted by Gasteiger charge is 2.34. The SMILES string of the molecule is CC(=O)c1sc(N2CCn3cnnc3C2)c(C2CC2)c1N. The number of anilines is 2. The maximum absolute atomic E-state index is 11.8. The van der Waals surface area contributed by atoms with Crippen molar-refractivity contribution in [2.75, 3.05) is 17.2 Å². The fraction of sp³-hybridized carbons (Fsp3) is 0.500. The number of thiophene rings is 1. The molecule has 21 heavy (non-hydrogen) atoms. The summed E-state index contributed by atoms with van der Waals surface area (Å²) in [5, 5.41) is 9.29. The molecule has 2 aliphatic rings. The summed E-state index contributed by atoms with van der Waals surface area (Å²) in [4.78, 5) is 14.8. The van der Waals surface area contributed by atoms with Crippen LogP contribution in [0.3, 0.4) is 0 Å². The van der Waals surface area contributed by atoms with Crippen LogP contribution in [0.4, 0.5) is 10.7 Å². The summed E-state index contributed by atoms with van der Waals surface area (Å²) in [5.74, 6) is 1.56. The third kappa shape index (κ3) is 2.03. The molecule has 4 rings (SSSR count). The molecule has 0 spiro atoms. The van der Waals surface area contributed by atoms with Crippen LogP contribution < -0.4 is 10.6 Å². The molecule has 6 nitrogen and oxygen atoms in total. The van der Waals surface area contributed by atoms with Gasteiger partial charge in [-0.2, -0.15) is 0 Å². The van der Waals surface area contributed by atoms with E-state index >= 15 is 0 Å². The summed E-state index contributed by atoms with van der Waals surface area (Å²) in [6, 6.07) is 0. The molecule has 110 valence electrons. The number of carbonyl (C=O) groups is 1. The minimum absolute atomic E-state index is 0.0610. The number of nitrogens with two attached hydrogens (primary N) is 1. The predicted octanol–water partition coefficient (Wildman–Crippen LogP) is 2.02. The van der Waals surface area contributed by atoms with Gasteiger partial charge >= 0.3 is 0 Å². The zero-order chi connectivity index (χ0) is 14.6. The Morgan fingerprint density at radius 2 is 2.24 bits per heavy atom. The number of nitrogen functional groups attached to an aromatic ring is 1. The van der Waals surface area contributed by atoms with Crippen molar-refractivity contribution in [3.8, 4) is 0 Å². The Hall–Kier alpha value is -1.89. The van der Waals surface area contributed by atoms with Gasteiger partial charge in [0.1, 0.15) is 6.33 Å². The van der Waals surface area contributed by atoms with Crippen molar-refractivity contribution in [1.82, 2.24) is 14.8 Å². The van der Waals surface area contributed by atoms with Crippen molar-refractivity contribution in [3.63, 3.8) is 0 Å². The van der Waals surface area contributed by atoms with Crippen LogP contribution in [-0.2, 0) is 13.1 Å². The highest BCUT2D eigenvalue weighted by atomic mass is 32.1. The van der Waals surface area contributed by atoms with Crippen molar-refractivity contribution >= 4 is 27.8 Å². The molecule has 3 heterocycles. The number of hydrogen-bond donors (Lipinski definition) is 1. The topological polar surface area (TPSA) is 77.0 Å². The van der Waals surface area contributed by atoms with Crippen molar-refractivity contribution in [2.24, 2.45) is 0 Å². The molecule has 2 aromatic rings. The Kier molecular flexibility index (Phi) is 2.78. The molecular weight excluding hydrogens is 286 g/mol. The Morgan fingerprint density at radius 3 is 2.95 bits per heavy atom. The Labute approximate surface area is 126 Å². The normalized spacial score (nSPS) is 17.9. The van der Waals surface area contributed by atoms with Crippen LogP contribution in [0, 0.1) is 0 Å². The fourth-order valence-electron chi connectivity index (χ4n) is 2.95. The van der Waals surface area contributed by atoms with E-state index in [4.69, 9.17) is 5.73 Å². The lowest BCUT2D eigenvalue weighted by atomic mass is 10.1. The minimum Gasteiger partial charge on any atom is -0.397 e. The molecular formula is C14H17N5OS. The van der Waals surface area contributed by atoms with Gasteiger partial charge in [-0.3, -0.25) is 4.79 Å². The molecule has 7 heteroatoms. The Bertz CT molecular complexity index is 715. The van der Waals surface area contributed by atoms with Crippen LogP contribution in [-0.4, -0.2) is 27.1 Å². The van der Waals surface area contributed by atoms with E-state index in [9.17, 15) is 4.79 Å². The number of hydrogen-bond acceptors (Lipinski definition) is 6. The van der Waals surface area contributed by atoms with Crippen molar-refractivity contribution in [1.29, 1.82) is 0 Å². The van der Waals surface area contributed by atoms with Gasteiger partial charge in [-0.15, -0.1) is 21.5 Å². The smallest absolute Gasteiger partial charge is 0.171 e. The summed E-state index contributed by atoms with van der Waals surface area (Å²) < 4.78 is 2.08. The van der Waals surface area contributed by atoms with Crippen LogP contribution >= 0.6 is 11.3 Å². The second-order valence-corrected chi connectivity index (χ2v) is 6.76. The molecule has 2 aromatic heterocycles. The highest BCUT2D eigenvalue weighted by Crippen LogP contribution is 2.52. The monoisotopic (exact) mass is 303 g/mol. The molecule has 1 aliphatic heterocycles. The highest BCUT2D eigenvalue weighted by molar-refractivity contribution is 7.18. The second kappa shape index (κ2) is 4.56. The summed E-state index contributed by atoms with van der Waals surface area (Å²) in [5.41, 5.74) is 8.16. The van der Waals surface area contributed by atoms with Gasteiger partial charge in [0.05, 0.1) is 22.1 Å². The quantitative estimate of drug-likeness (QED) is 0.878. The van der Waals surface area contributed by atoms with Gasteiger partial charge in [0, 0.05) is 25.6 Å². The van der Waals surface area contributed by atoms with E-state index in [1.165, 1.54) is 18.4 Å². The van der Waals surface area contributed by atoms with E-state index in [1.807, 2.05) is 0 Å². The maximum atomic E-state index is 11.8. The average molecular weight is 303 g/mol. The summed E-state index contributed by atoms with van der Waals surface area (Å²) in [7, 11) is 0. The van der Waals surface area contributed by atoms with Gasteiger partial charge in [0.25, 0.3) is 0 Å². The number of carbonyl (C=O) groups excluding carboxylic acids is 1. The maximum Gasteiger partial charge on any atom is 0.171 e. The number of Topliss-reactive ketones (excluding diaryl/α,β-unsaturated/α-hetero) is 1. The first-order valence-corrected chi connectivity index (χ1v) is 8.01. The number of fused-ring (bicyclic) bond motifs is 1. The number of ketones is 1. The number of rotatable bonds is 3. The fourth-order valence-corrected chi connectivity index (χ4v) is 4.18. The first-order chi connectivity index (χ1) is 10.1. The lowest BCUT2D eigenvalue weighted by molar-refractivity contribution is 0.102. The largest absolute Gasteiger partial charge is 0.397 e. The molecule has 2 N–H and O–H groups in total. The predicted molar refractivity (Wildman–Crippen MR) is 81.8 cm³/mol. The summed E-state index contributed by atoms with van der Waals surface area (Å²) in [6.45, 7) is 4.11. The standard InChI is InChI=1S/C14H17N5OS/c1-8(20)13-12(15)11(9-2-3-9)14(21-13)18-4-5-19-7-16-17-10(19)6-18/h7,9H,2-6,15H2,1H3.